The molecule has 0 bridgehead atoms. The number of aromatic nitrogens is 3. The molecule has 2 atom stereocenters. The van der Waals surface area contributed by atoms with E-state index < -0.39 is 0 Å². The maximum atomic E-state index is 13.1. The molecule has 0 unspecified atom stereocenters. The highest BCUT2D eigenvalue weighted by Gasteiger charge is 2.25. The maximum absolute atomic E-state index is 13.1. The summed E-state index contributed by atoms with van der Waals surface area (Å²) in [5.74, 6) is 0. The highest BCUT2D eigenvalue weighted by Crippen LogP contribution is 2.26. The molecule has 0 amide bonds. The van der Waals surface area contributed by atoms with Gasteiger partial charge in [-0.25, -0.2) is 0 Å². The van der Waals surface area contributed by atoms with Crippen molar-refractivity contribution in [2.24, 2.45) is 0 Å². The van der Waals surface area contributed by atoms with Gasteiger partial charge in [0.05, 0.1) is 23.2 Å². The van der Waals surface area contributed by atoms with Gasteiger partial charge in [0.15, 0.2) is 0 Å². The highest BCUT2D eigenvalue weighted by molar-refractivity contribution is 6.04. The van der Waals surface area contributed by atoms with Crippen molar-refractivity contribution in [3.63, 3.8) is 0 Å². The number of nitrogens with zero attached hydrogens (tertiary/aromatic N) is 3. The van der Waals surface area contributed by atoms with Crippen molar-refractivity contribution in [2.45, 2.75) is 58.7 Å². The topological polar surface area (TPSA) is 63.1 Å². The van der Waals surface area contributed by atoms with E-state index in [0.717, 1.165) is 34.2 Å². The first kappa shape index (κ1) is 20.8. The van der Waals surface area contributed by atoms with E-state index in [1.54, 1.807) is 7.11 Å². The van der Waals surface area contributed by atoms with Gasteiger partial charge in [0.1, 0.15) is 5.52 Å². The third kappa shape index (κ3) is 3.70. The lowest BCUT2D eigenvalue weighted by Gasteiger charge is -2.24. The molecular formula is C24H32N4O2. The van der Waals surface area contributed by atoms with Gasteiger partial charge in [0.2, 0.25) is 0 Å². The average Bonchev–Trinajstić information content (AvgIpc) is 3.31. The molecule has 1 saturated heterocycles. The predicted molar refractivity (Wildman–Crippen MR) is 123 cm³/mol. The summed E-state index contributed by atoms with van der Waals surface area (Å²) in [4.78, 5) is 15.7. The molecule has 4 rings (SSSR count). The van der Waals surface area contributed by atoms with E-state index in [9.17, 15) is 4.79 Å². The van der Waals surface area contributed by atoms with Gasteiger partial charge in [-0.3, -0.25) is 14.8 Å². The van der Waals surface area contributed by atoms with Crippen LogP contribution in [-0.4, -0.2) is 52.0 Å². The molecule has 1 aromatic carbocycles. The first-order valence-electron chi connectivity index (χ1n) is 11.0. The first-order chi connectivity index (χ1) is 14.5. The number of hydrogen-bond donors (Lipinski definition) is 1. The number of ether oxygens (including phenoxy) is 1. The van der Waals surface area contributed by atoms with Gasteiger partial charge in [-0.05, 0) is 51.3 Å². The standard InChI is InChI=1S/C24H32N4O2/c1-5-27-21-11-10-18(7-6-13-28-16(2)8-9-17(28)3)15-19(21)23-22(24(27)29)20(25-26-23)12-14-30-4/h6-7,10-11,15-17H,5,8-9,12-14H2,1-4H3,(H,25,26)/b7-6+/t16-,17-/m0/s1. The van der Waals surface area contributed by atoms with E-state index >= 15 is 0 Å². The van der Waals surface area contributed by atoms with Crippen LogP contribution >= 0.6 is 0 Å². The fourth-order valence-corrected chi connectivity index (χ4v) is 4.75. The summed E-state index contributed by atoms with van der Waals surface area (Å²) in [5, 5.41) is 9.28. The van der Waals surface area contributed by atoms with Gasteiger partial charge in [0.25, 0.3) is 5.56 Å². The van der Waals surface area contributed by atoms with Crippen LogP contribution in [-0.2, 0) is 17.7 Å². The smallest absolute Gasteiger partial charge is 0.262 e. The average molecular weight is 409 g/mol. The number of H-pyrrole nitrogens is 1. The fourth-order valence-electron chi connectivity index (χ4n) is 4.75. The molecular weight excluding hydrogens is 376 g/mol. The van der Waals surface area contributed by atoms with Gasteiger partial charge in [-0.15, -0.1) is 0 Å². The number of aryl methyl sites for hydroxylation is 1. The van der Waals surface area contributed by atoms with E-state index in [1.165, 1.54) is 12.8 Å². The molecule has 30 heavy (non-hydrogen) atoms. The Bertz CT molecular complexity index is 1120. The molecule has 3 aromatic rings. The second kappa shape index (κ2) is 8.74. The second-order valence-corrected chi connectivity index (χ2v) is 8.37. The van der Waals surface area contributed by atoms with Gasteiger partial charge in [-0.1, -0.05) is 18.2 Å². The number of likely N-dealkylation sites (tertiary alicyclic amines) is 1. The Hall–Kier alpha value is -2.44. The molecule has 0 radical (unpaired) electrons. The third-order valence-corrected chi connectivity index (χ3v) is 6.50. The maximum Gasteiger partial charge on any atom is 0.262 e. The summed E-state index contributed by atoms with van der Waals surface area (Å²) in [6.07, 6.45) is 7.64. The number of benzene rings is 1. The van der Waals surface area contributed by atoms with Crippen LogP contribution in [0.2, 0.25) is 0 Å². The third-order valence-electron chi connectivity index (χ3n) is 6.50. The van der Waals surface area contributed by atoms with Crippen molar-refractivity contribution in [3.8, 4) is 0 Å². The molecule has 0 saturated carbocycles. The van der Waals surface area contributed by atoms with Crippen LogP contribution in [0.5, 0.6) is 0 Å². The van der Waals surface area contributed by atoms with Crippen molar-refractivity contribution >= 4 is 27.9 Å². The van der Waals surface area contributed by atoms with Crippen molar-refractivity contribution in [1.82, 2.24) is 19.7 Å². The van der Waals surface area contributed by atoms with Gasteiger partial charge in [-0.2, -0.15) is 5.10 Å². The summed E-state index contributed by atoms with van der Waals surface area (Å²) in [7, 11) is 1.67. The summed E-state index contributed by atoms with van der Waals surface area (Å²) in [5.41, 5.74) is 3.67. The van der Waals surface area contributed by atoms with E-state index in [-0.39, 0.29) is 5.56 Å². The van der Waals surface area contributed by atoms with E-state index in [4.69, 9.17) is 4.74 Å². The minimum absolute atomic E-state index is 0.0140. The Balaban J connectivity index is 1.73. The molecule has 1 N–H and O–H groups in total. The number of methoxy groups -OCH3 is 1. The Kier molecular flexibility index (Phi) is 6.06. The van der Waals surface area contributed by atoms with Gasteiger partial charge in [0, 0.05) is 44.1 Å². The summed E-state index contributed by atoms with van der Waals surface area (Å²) >= 11 is 0. The van der Waals surface area contributed by atoms with Crippen LogP contribution in [0.25, 0.3) is 27.9 Å². The lowest BCUT2D eigenvalue weighted by atomic mass is 10.1. The summed E-state index contributed by atoms with van der Waals surface area (Å²) in [6, 6.07) is 7.58. The van der Waals surface area contributed by atoms with E-state index in [2.05, 4.69) is 53.2 Å². The molecule has 6 heteroatoms. The molecule has 0 aliphatic carbocycles. The Morgan fingerprint density at radius 1 is 1.27 bits per heavy atom. The molecule has 2 aromatic heterocycles. The SMILES string of the molecule is CCn1c(=O)c2c(CCOC)[nH]nc2c2cc(/C=C/CN3[C@@H](C)CC[C@@H]3C)ccc21. The van der Waals surface area contributed by atoms with Crippen LogP contribution in [0.15, 0.2) is 29.1 Å². The number of hydrogen-bond acceptors (Lipinski definition) is 4. The van der Waals surface area contributed by atoms with Crippen LogP contribution in [0.1, 0.15) is 44.9 Å². The van der Waals surface area contributed by atoms with Crippen molar-refractivity contribution in [2.75, 3.05) is 20.3 Å². The van der Waals surface area contributed by atoms with E-state index in [0.29, 0.717) is 37.0 Å². The minimum Gasteiger partial charge on any atom is -0.384 e. The molecule has 6 nitrogen and oxygen atoms in total. The first-order valence-corrected chi connectivity index (χ1v) is 11.0. The number of nitrogens with one attached hydrogen (secondary N) is 1. The number of rotatable bonds is 7. The zero-order chi connectivity index (χ0) is 21.3. The predicted octanol–water partition coefficient (Wildman–Crippen LogP) is 3.97. The Labute approximate surface area is 177 Å². The summed E-state index contributed by atoms with van der Waals surface area (Å²) < 4.78 is 7.04. The summed E-state index contributed by atoms with van der Waals surface area (Å²) in [6.45, 7) is 8.78. The normalized spacial score (nSPS) is 20.3. The van der Waals surface area contributed by atoms with Crippen LogP contribution < -0.4 is 5.56 Å². The van der Waals surface area contributed by atoms with Crippen molar-refractivity contribution in [3.05, 3.63) is 45.9 Å². The fraction of sp³-hybridized carbons (Fsp3) is 0.500. The van der Waals surface area contributed by atoms with Crippen molar-refractivity contribution in [1.29, 1.82) is 0 Å². The van der Waals surface area contributed by atoms with Gasteiger partial charge >= 0.3 is 0 Å². The number of fused-ring (bicyclic) bond motifs is 3. The van der Waals surface area contributed by atoms with Crippen LogP contribution in [0.3, 0.4) is 0 Å². The lowest BCUT2D eigenvalue weighted by molar-refractivity contribution is 0.201. The van der Waals surface area contributed by atoms with E-state index in [1.807, 2.05) is 17.6 Å². The zero-order valence-corrected chi connectivity index (χ0v) is 18.4. The van der Waals surface area contributed by atoms with Gasteiger partial charge < -0.3 is 9.30 Å². The van der Waals surface area contributed by atoms with Crippen LogP contribution in [0, 0.1) is 0 Å². The minimum atomic E-state index is 0.0140. The molecule has 1 aliphatic rings. The highest BCUT2D eigenvalue weighted by atomic mass is 16.5. The number of aromatic amines is 1. The Morgan fingerprint density at radius 3 is 2.73 bits per heavy atom. The lowest BCUT2D eigenvalue weighted by Crippen LogP contribution is -2.32. The zero-order valence-electron chi connectivity index (χ0n) is 18.4. The molecule has 3 heterocycles. The Morgan fingerprint density at radius 2 is 2.03 bits per heavy atom. The van der Waals surface area contributed by atoms with Crippen molar-refractivity contribution < 1.29 is 4.74 Å². The molecule has 1 aliphatic heterocycles. The van der Waals surface area contributed by atoms with Crippen LogP contribution in [0.4, 0.5) is 0 Å². The molecule has 0 spiro atoms. The number of pyridine rings is 1. The molecule has 160 valence electrons. The second-order valence-electron chi connectivity index (χ2n) is 8.37. The quantitative estimate of drug-likeness (QED) is 0.642. The largest absolute Gasteiger partial charge is 0.384 e. The molecule has 1 fully saturated rings. The monoisotopic (exact) mass is 408 g/mol.